The summed E-state index contributed by atoms with van der Waals surface area (Å²) in [6.45, 7) is 0.208. The van der Waals surface area contributed by atoms with Crippen molar-refractivity contribution in [3.8, 4) is 0 Å². The fraction of sp³-hybridized carbons (Fsp3) is 0.333. The van der Waals surface area contributed by atoms with Gasteiger partial charge in [-0.1, -0.05) is 0 Å². The van der Waals surface area contributed by atoms with Crippen LogP contribution in [0.4, 0.5) is 11.4 Å². The monoisotopic (exact) mass is 337 g/mol. The van der Waals surface area contributed by atoms with Crippen LogP contribution in [0.25, 0.3) is 0 Å². The minimum atomic E-state index is -3.26. The van der Waals surface area contributed by atoms with Gasteiger partial charge in [-0.25, -0.2) is 13.1 Å². The van der Waals surface area contributed by atoms with Crippen LogP contribution in [-0.4, -0.2) is 32.7 Å². The number of nitrogens with zero attached hydrogens (tertiary/aromatic N) is 1. The SMILES string of the molecule is CNS(=O)(=O)CCNc1ccc([N+](=O)[O-])cc1Br. The highest BCUT2D eigenvalue weighted by Gasteiger charge is 2.10. The van der Waals surface area contributed by atoms with Crippen LogP contribution in [-0.2, 0) is 10.0 Å². The first-order valence-corrected chi connectivity index (χ1v) is 7.39. The van der Waals surface area contributed by atoms with Crippen LogP contribution in [0.3, 0.4) is 0 Å². The third-order valence-electron chi connectivity index (χ3n) is 2.16. The number of nitrogens with one attached hydrogen (secondary N) is 2. The van der Waals surface area contributed by atoms with Crippen molar-refractivity contribution >= 4 is 37.3 Å². The molecule has 0 aliphatic carbocycles. The van der Waals surface area contributed by atoms with Crippen LogP contribution in [0.1, 0.15) is 0 Å². The number of non-ortho nitro benzene ring substituents is 1. The molecule has 0 aliphatic heterocycles. The van der Waals surface area contributed by atoms with Gasteiger partial charge < -0.3 is 5.32 Å². The molecule has 0 radical (unpaired) electrons. The molecule has 1 aromatic carbocycles. The second-order valence-corrected chi connectivity index (χ2v) is 6.27. The number of benzene rings is 1. The molecule has 0 amide bonds. The summed E-state index contributed by atoms with van der Waals surface area (Å²) in [5, 5.41) is 13.4. The quantitative estimate of drug-likeness (QED) is 0.602. The van der Waals surface area contributed by atoms with Crippen molar-refractivity contribution in [2.75, 3.05) is 24.7 Å². The van der Waals surface area contributed by atoms with Crippen molar-refractivity contribution in [1.29, 1.82) is 0 Å². The third-order valence-corrected chi connectivity index (χ3v) is 4.18. The maximum absolute atomic E-state index is 11.2. The first-order chi connectivity index (χ1) is 8.35. The number of hydrogen-bond donors (Lipinski definition) is 2. The minimum Gasteiger partial charge on any atom is -0.383 e. The van der Waals surface area contributed by atoms with Crippen LogP contribution in [0.15, 0.2) is 22.7 Å². The molecule has 100 valence electrons. The standard InChI is InChI=1S/C9H12BrN3O4S/c1-11-18(16,17)5-4-12-9-3-2-7(13(14)15)6-8(9)10/h2-3,6,11-12H,4-5H2,1H3. The Hall–Kier alpha value is -1.19. The first-order valence-electron chi connectivity index (χ1n) is 4.95. The molecule has 0 saturated carbocycles. The summed E-state index contributed by atoms with van der Waals surface area (Å²) in [6, 6.07) is 4.22. The highest BCUT2D eigenvalue weighted by Crippen LogP contribution is 2.26. The van der Waals surface area contributed by atoms with Crippen molar-refractivity contribution in [2.24, 2.45) is 0 Å². The number of rotatable bonds is 6. The van der Waals surface area contributed by atoms with Gasteiger partial charge in [0, 0.05) is 28.8 Å². The van der Waals surface area contributed by atoms with Crippen LogP contribution in [0.5, 0.6) is 0 Å². The number of sulfonamides is 1. The van der Waals surface area contributed by atoms with E-state index in [1.807, 2.05) is 0 Å². The number of halogens is 1. The maximum atomic E-state index is 11.2. The number of hydrogen-bond acceptors (Lipinski definition) is 5. The second-order valence-electron chi connectivity index (χ2n) is 3.37. The van der Waals surface area contributed by atoms with Gasteiger partial charge in [-0.15, -0.1) is 0 Å². The number of anilines is 1. The zero-order valence-corrected chi connectivity index (χ0v) is 11.9. The van der Waals surface area contributed by atoms with E-state index in [1.54, 1.807) is 0 Å². The van der Waals surface area contributed by atoms with Crippen molar-refractivity contribution in [2.45, 2.75) is 0 Å². The fourth-order valence-corrected chi connectivity index (χ4v) is 2.26. The molecule has 0 aliphatic rings. The molecular weight excluding hydrogens is 326 g/mol. The summed E-state index contributed by atoms with van der Waals surface area (Å²) < 4.78 is 25.0. The van der Waals surface area contributed by atoms with Gasteiger partial charge in [0.05, 0.1) is 10.7 Å². The molecule has 9 heteroatoms. The fourth-order valence-electron chi connectivity index (χ4n) is 1.18. The molecule has 0 unspecified atom stereocenters. The molecule has 0 heterocycles. The number of nitro benzene ring substituents is 1. The first kappa shape index (κ1) is 14.9. The molecule has 18 heavy (non-hydrogen) atoms. The Morgan fingerprint density at radius 3 is 2.61 bits per heavy atom. The van der Waals surface area contributed by atoms with E-state index >= 15 is 0 Å². The van der Waals surface area contributed by atoms with E-state index in [0.29, 0.717) is 10.2 Å². The third kappa shape index (κ3) is 4.24. The molecule has 0 spiro atoms. The van der Waals surface area contributed by atoms with Gasteiger partial charge in [0.2, 0.25) is 10.0 Å². The lowest BCUT2D eigenvalue weighted by atomic mass is 10.3. The molecule has 2 N–H and O–H groups in total. The highest BCUT2D eigenvalue weighted by atomic mass is 79.9. The molecule has 0 aromatic heterocycles. The lowest BCUT2D eigenvalue weighted by Crippen LogP contribution is -2.26. The van der Waals surface area contributed by atoms with Gasteiger partial charge in [0.15, 0.2) is 0 Å². The van der Waals surface area contributed by atoms with Crippen LogP contribution in [0.2, 0.25) is 0 Å². The van der Waals surface area contributed by atoms with Gasteiger partial charge in [-0.3, -0.25) is 10.1 Å². The zero-order chi connectivity index (χ0) is 13.8. The van der Waals surface area contributed by atoms with E-state index < -0.39 is 14.9 Å². The topological polar surface area (TPSA) is 101 Å². The lowest BCUT2D eigenvalue weighted by Gasteiger charge is -2.08. The van der Waals surface area contributed by atoms with Crippen LogP contribution >= 0.6 is 15.9 Å². The Labute approximate surface area is 113 Å². The second kappa shape index (κ2) is 6.12. The predicted octanol–water partition coefficient (Wildman–Crippen LogP) is 1.32. The van der Waals surface area contributed by atoms with Crippen molar-refractivity contribution in [1.82, 2.24) is 4.72 Å². The Balaban J connectivity index is 2.67. The van der Waals surface area contributed by atoms with E-state index in [9.17, 15) is 18.5 Å². The maximum Gasteiger partial charge on any atom is 0.270 e. The predicted molar refractivity (Wildman–Crippen MR) is 72.1 cm³/mol. The molecule has 7 nitrogen and oxygen atoms in total. The van der Waals surface area contributed by atoms with Crippen molar-refractivity contribution in [3.63, 3.8) is 0 Å². The number of nitro groups is 1. The van der Waals surface area contributed by atoms with Gasteiger partial charge in [-0.05, 0) is 29.0 Å². The smallest absolute Gasteiger partial charge is 0.270 e. The largest absolute Gasteiger partial charge is 0.383 e. The Kier molecular flexibility index (Phi) is 5.05. The zero-order valence-electron chi connectivity index (χ0n) is 9.51. The van der Waals surface area contributed by atoms with Crippen LogP contribution < -0.4 is 10.0 Å². The molecule has 1 rings (SSSR count). The van der Waals surface area contributed by atoms with Gasteiger partial charge in [0.25, 0.3) is 5.69 Å². The summed E-state index contributed by atoms with van der Waals surface area (Å²) in [6.07, 6.45) is 0. The molecule has 1 aromatic rings. The van der Waals surface area contributed by atoms with Gasteiger partial charge in [-0.2, -0.15) is 0 Å². The van der Waals surface area contributed by atoms with E-state index in [1.165, 1.54) is 25.2 Å². The molecule has 0 bridgehead atoms. The Morgan fingerprint density at radius 1 is 1.44 bits per heavy atom. The Morgan fingerprint density at radius 2 is 2.11 bits per heavy atom. The van der Waals surface area contributed by atoms with Crippen LogP contribution in [0, 0.1) is 10.1 Å². The van der Waals surface area contributed by atoms with Crippen molar-refractivity contribution in [3.05, 3.63) is 32.8 Å². The molecule has 0 fully saturated rings. The highest BCUT2D eigenvalue weighted by molar-refractivity contribution is 9.10. The van der Waals surface area contributed by atoms with E-state index in [0.717, 1.165) is 0 Å². The average molecular weight is 338 g/mol. The normalized spacial score (nSPS) is 11.2. The minimum absolute atomic E-state index is 0.0322. The summed E-state index contributed by atoms with van der Waals surface area (Å²) in [5.41, 5.74) is 0.571. The lowest BCUT2D eigenvalue weighted by molar-refractivity contribution is -0.384. The van der Waals surface area contributed by atoms with E-state index in [-0.39, 0.29) is 18.0 Å². The van der Waals surface area contributed by atoms with Gasteiger partial charge >= 0.3 is 0 Å². The Bertz CT molecular complexity index is 547. The van der Waals surface area contributed by atoms with E-state index in [2.05, 4.69) is 26.0 Å². The summed E-state index contributed by atoms with van der Waals surface area (Å²) in [5.74, 6) is -0.0765. The molecule has 0 saturated heterocycles. The molecular formula is C9H12BrN3O4S. The summed E-state index contributed by atoms with van der Waals surface area (Å²) >= 11 is 3.18. The summed E-state index contributed by atoms with van der Waals surface area (Å²) in [4.78, 5) is 10.0. The van der Waals surface area contributed by atoms with E-state index in [4.69, 9.17) is 0 Å². The van der Waals surface area contributed by atoms with Crippen molar-refractivity contribution < 1.29 is 13.3 Å². The average Bonchev–Trinajstić information content (AvgIpc) is 2.31. The molecule has 0 atom stereocenters. The summed E-state index contributed by atoms with van der Waals surface area (Å²) in [7, 11) is -1.92. The van der Waals surface area contributed by atoms with Gasteiger partial charge in [0.1, 0.15) is 0 Å².